The van der Waals surface area contributed by atoms with Gasteiger partial charge in [0.05, 0.1) is 5.56 Å². The molecule has 0 bridgehead atoms. The van der Waals surface area contributed by atoms with Gasteiger partial charge >= 0.3 is 6.18 Å². The van der Waals surface area contributed by atoms with Crippen molar-refractivity contribution >= 4 is 5.69 Å². The lowest BCUT2D eigenvalue weighted by Gasteiger charge is -2.22. The van der Waals surface area contributed by atoms with Crippen molar-refractivity contribution in [1.82, 2.24) is 0 Å². The highest BCUT2D eigenvalue weighted by Crippen LogP contribution is 2.46. The first-order valence-electron chi connectivity index (χ1n) is 7.51. The number of anilines is 1. The summed E-state index contributed by atoms with van der Waals surface area (Å²) in [4.78, 5) is 0. The molecule has 2 aliphatic rings. The maximum atomic E-state index is 13.0. The Balaban J connectivity index is 1.90. The van der Waals surface area contributed by atoms with Crippen molar-refractivity contribution in [3.8, 4) is 0 Å². The van der Waals surface area contributed by atoms with Crippen molar-refractivity contribution < 1.29 is 13.2 Å². The van der Waals surface area contributed by atoms with Gasteiger partial charge in [-0.15, -0.1) is 0 Å². The van der Waals surface area contributed by atoms with Gasteiger partial charge in [0.15, 0.2) is 0 Å². The second-order valence-corrected chi connectivity index (χ2v) is 6.01. The molecule has 1 nitrogen and oxygen atoms in total. The second-order valence-electron chi connectivity index (χ2n) is 6.01. The summed E-state index contributed by atoms with van der Waals surface area (Å²) in [6, 6.07) is 4.61. The average molecular weight is 283 g/mol. The van der Waals surface area contributed by atoms with Gasteiger partial charge in [0.1, 0.15) is 0 Å². The van der Waals surface area contributed by atoms with Crippen LogP contribution in [0.5, 0.6) is 0 Å². The molecule has 1 aromatic carbocycles. The number of alkyl halides is 3. The summed E-state index contributed by atoms with van der Waals surface area (Å²) in [5.41, 5.74) is 0.701. The third-order valence-electron chi connectivity index (χ3n) is 4.77. The Hall–Kier alpha value is -1.19. The molecule has 1 N–H and O–H groups in total. The van der Waals surface area contributed by atoms with Gasteiger partial charge in [-0.25, -0.2) is 0 Å². The zero-order valence-electron chi connectivity index (χ0n) is 11.5. The van der Waals surface area contributed by atoms with Gasteiger partial charge in [0.2, 0.25) is 0 Å². The minimum atomic E-state index is -4.27. The lowest BCUT2D eigenvalue weighted by Crippen LogP contribution is -2.14. The molecule has 1 fully saturated rings. The van der Waals surface area contributed by atoms with E-state index in [2.05, 4.69) is 5.32 Å². The van der Waals surface area contributed by atoms with Crippen LogP contribution in [0.4, 0.5) is 18.9 Å². The molecular formula is C16H20F3N. The first-order chi connectivity index (χ1) is 9.57. The zero-order chi connectivity index (χ0) is 14.2. The van der Waals surface area contributed by atoms with Gasteiger partial charge in [0, 0.05) is 18.2 Å². The summed E-state index contributed by atoms with van der Waals surface area (Å²) in [5, 5.41) is 3.02. The Bertz CT molecular complexity index is 473. The zero-order valence-corrected chi connectivity index (χ0v) is 11.5. The molecular weight excluding hydrogens is 263 g/mol. The van der Waals surface area contributed by atoms with Gasteiger partial charge in [-0.1, -0.05) is 37.8 Å². The van der Waals surface area contributed by atoms with Crippen LogP contribution < -0.4 is 5.32 Å². The number of fused-ring (bicyclic) bond motifs is 1. The van der Waals surface area contributed by atoms with Crippen LogP contribution in [0.1, 0.15) is 55.6 Å². The smallest absolute Gasteiger partial charge is 0.384 e. The molecule has 0 aromatic heterocycles. The number of hydrogen-bond acceptors (Lipinski definition) is 1. The lowest BCUT2D eigenvalue weighted by molar-refractivity contribution is -0.136. The summed E-state index contributed by atoms with van der Waals surface area (Å²) in [7, 11) is 0. The first-order valence-corrected chi connectivity index (χ1v) is 7.51. The molecule has 1 unspecified atom stereocenters. The fourth-order valence-electron chi connectivity index (χ4n) is 3.77. The van der Waals surface area contributed by atoms with E-state index < -0.39 is 11.7 Å². The summed E-state index contributed by atoms with van der Waals surface area (Å²) in [6.07, 6.45) is 3.02. The van der Waals surface area contributed by atoms with Gasteiger partial charge in [-0.05, 0) is 30.4 Å². The van der Waals surface area contributed by atoms with E-state index in [9.17, 15) is 13.2 Å². The van der Waals surface area contributed by atoms with Crippen LogP contribution in [0.2, 0.25) is 0 Å². The molecule has 3 rings (SSSR count). The third-order valence-corrected chi connectivity index (χ3v) is 4.77. The van der Waals surface area contributed by atoms with Crippen LogP contribution in [0.25, 0.3) is 0 Å². The highest BCUT2D eigenvalue weighted by Gasteiger charge is 2.39. The number of rotatable bonds is 1. The first kappa shape index (κ1) is 13.8. The fraction of sp³-hybridized carbons (Fsp3) is 0.625. The van der Waals surface area contributed by atoms with E-state index in [1.165, 1.54) is 31.7 Å². The number of hydrogen-bond donors (Lipinski definition) is 1. The minimum absolute atomic E-state index is 0.255. The summed E-state index contributed by atoms with van der Waals surface area (Å²) in [6.45, 7) is 0.660. The minimum Gasteiger partial charge on any atom is -0.384 e. The largest absolute Gasteiger partial charge is 0.418 e. The maximum Gasteiger partial charge on any atom is 0.418 e. The molecule has 1 aromatic rings. The van der Waals surface area contributed by atoms with Crippen molar-refractivity contribution in [2.75, 3.05) is 11.9 Å². The van der Waals surface area contributed by atoms with Crippen LogP contribution in [0, 0.1) is 5.92 Å². The monoisotopic (exact) mass is 283 g/mol. The van der Waals surface area contributed by atoms with Gasteiger partial charge in [-0.3, -0.25) is 0 Å². The van der Waals surface area contributed by atoms with E-state index in [-0.39, 0.29) is 5.92 Å². The average Bonchev–Trinajstić information content (AvgIpc) is 2.65. The van der Waals surface area contributed by atoms with Crippen LogP contribution in [0.3, 0.4) is 0 Å². The van der Waals surface area contributed by atoms with E-state index >= 15 is 0 Å². The molecule has 1 atom stereocenters. The van der Waals surface area contributed by atoms with Crippen molar-refractivity contribution in [2.24, 2.45) is 5.92 Å². The molecule has 1 saturated carbocycles. The van der Waals surface area contributed by atoms with Crippen molar-refractivity contribution in [3.63, 3.8) is 0 Å². The SMILES string of the molecule is FC(F)(F)c1cccc2c1NCC2C1CCCCCC1. The highest BCUT2D eigenvalue weighted by atomic mass is 19.4. The van der Waals surface area contributed by atoms with Gasteiger partial charge < -0.3 is 5.32 Å². The Labute approximate surface area is 117 Å². The summed E-state index contributed by atoms with van der Waals surface area (Å²) < 4.78 is 39.1. The van der Waals surface area contributed by atoms with Crippen LogP contribution in [-0.2, 0) is 6.18 Å². The van der Waals surface area contributed by atoms with Crippen molar-refractivity contribution in [1.29, 1.82) is 0 Å². The summed E-state index contributed by atoms with van der Waals surface area (Å²) in [5.74, 6) is 0.792. The number of para-hydroxylation sites is 1. The van der Waals surface area contributed by atoms with Crippen molar-refractivity contribution in [3.05, 3.63) is 29.3 Å². The molecule has 4 heteroatoms. The molecule has 0 radical (unpaired) electrons. The Morgan fingerprint density at radius 1 is 1.00 bits per heavy atom. The Morgan fingerprint density at radius 2 is 1.70 bits per heavy atom. The van der Waals surface area contributed by atoms with Gasteiger partial charge in [0.25, 0.3) is 0 Å². The maximum absolute atomic E-state index is 13.0. The number of benzene rings is 1. The highest BCUT2D eigenvalue weighted by molar-refractivity contribution is 5.64. The lowest BCUT2D eigenvalue weighted by atomic mass is 9.82. The number of halogens is 3. The normalized spacial score (nSPS) is 24.1. The van der Waals surface area contributed by atoms with E-state index in [4.69, 9.17) is 0 Å². The molecule has 110 valence electrons. The fourth-order valence-corrected chi connectivity index (χ4v) is 3.77. The molecule has 1 aliphatic heterocycles. The second kappa shape index (κ2) is 5.30. The van der Waals surface area contributed by atoms with E-state index in [0.717, 1.165) is 18.4 Å². The van der Waals surface area contributed by atoms with Crippen LogP contribution in [-0.4, -0.2) is 6.54 Å². The van der Waals surface area contributed by atoms with E-state index in [1.54, 1.807) is 6.07 Å². The Morgan fingerprint density at radius 3 is 2.35 bits per heavy atom. The molecule has 0 spiro atoms. The molecule has 1 heterocycles. The number of nitrogens with one attached hydrogen (secondary N) is 1. The predicted molar refractivity (Wildman–Crippen MR) is 73.9 cm³/mol. The van der Waals surface area contributed by atoms with Crippen LogP contribution >= 0.6 is 0 Å². The van der Waals surface area contributed by atoms with E-state index in [0.29, 0.717) is 18.2 Å². The molecule has 0 saturated heterocycles. The van der Waals surface area contributed by atoms with Crippen LogP contribution in [0.15, 0.2) is 18.2 Å². The predicted octanol–water partition coefficient (Wildman–Crippen LogP) is 5.18. The molecule has 1 aliphatic carbocycles. The third kappa shape index (κ3) is 2.52. The van der Waals surface area contributed by atoms with Gasteiger partial charge in [-0.2, -0.15) is 13.2 Å². The molecule has 20 heavy (non-hydrogen) atoms. The van der Waals surface area contributed by atoms with Crippen molar-refractivity contribution in [2.45, 2.75) is 50.6 Å². The quantitative estimate of drug-likeness (QED) is 0.700. The van der Waals surface area contributed by atoms with E-state index in [1.807, 2.05) is 6.07 Å². The topological polar surface area (TPSA) is 12.0 Å². The summed E-state index contributed by atoms with van der Waals surface area (Å²) >= 11 is 0. The molecule has 0 amide bonds. The standard InChI is InChI=1S/C16H20F3N/c17-16(18,19)14-9-5-8-12-13(10-20-15(12)14)11-6-3-1-2-4-7-11/h5,8-9,11,13,20H,1-4,6-7,10H2. The Kier molecular flexibility index (Phi) is 3.65.